The molecule has 1 saturated heterocycles. The molecule has 0 radical (unpaired) electrons. The third-order valence-electron chi connectivity index (χ3n) is 5.26. The molecule has 0 spiro atoms. The van der Waals surface area contributed by atoms with Crippen LogP contribution in [0.15, 0.2) is 29.2 Å². The zero-order valence-electron chi connectivity index (χ0n) is 17.7. The predicted octanol–water partition coefficient (Wildman–Crippen LogP) is 2.68. The summed E-state index contributed by atoms with van der Waals surface area (Å²) in [6, 6.07) is 6.50. The molecule has 1 aromatic rings. The van der Waals surface area contributed by atoms with Gasteiger partial charge in [0.25, 0.3) is 0 Å². The number of nitrogens with one attached hydrogen (secondary N) is 2. The average molecular weight is 410 g/mol. The van der Waals surface area contributed by atoms with E-state index in [1.807, 2.05) is 20.8 Å². The molecule has 1 aliphatic rings. The first-order chi connectivity index (χ1) is 13.1. The highest BCUT2D eigenvalue weighted by Gasteiger charge is 2.29. The van der Waals surface area contributed by atoms with E-state index in [0.29, 0.717) is 12.5 Å². The molecular formula is C21H35N3O3S. The highest BCUT2D eigenvalue weighted by Crippen LogP contribution is 2.16. The van der Waals surface area contributed by atoms with E-state index in [0.717, 1.165) is 31.5 Å². The molecule has 1 atom stereocenters. The van der Waals surface area contributed by atoms with Crippen LogP contribution in [0.5, 0.6) is 0 Å². The number of carbonyl (C=O) groups excluding carboxylic acids is 1. The van der Waals surface area contributed by atoms with Crippen molar-refractivity contribution < 1.29 is 13.2 Å². The Morgan fingerprint density at radius 3 is 2.18 bits per heavy atom. The maximum atomic E-state index is 12.9. The van der Waals surface area contributed by atoms with Crippen LogP contribution < -0.4 is 10.0 Å². The highest BCUT2D eigenvalue weighted by molar-refractivity contribution is 7.89. The number of likely N-dealkylation sites (tertiary alicyclic amines) is 1. The van der Waals surface area contributed by atoms with Crippen LogP contribution in [-0.4, -0.2) is 50.4 Å². The zero-order valence-corrected chi connectivity index (χ0v) is 18.6. The van der Waals surface area contributed by atoms with E-state index < -0.39 is 16.1 Å². The highest BCUT2D eigenvalue weighted by atomic mass is 32.2. The summed E-state index contributed by atoms with van der Waals surface area (Å²) in [6.45, 7) is 12.1. The second-order valence-corrected chi connectivity index (χ2v) is 10.2. The SMILES string of the molecule is Cc1ccc(S(=O)(=O)N[C@@H](CC(C)C)C(=O)NC2CCN(C(C)C)CC2)cc1. The third-order valence-corrected chi connectivity index (χ3v) is 6.75. The number of piperidine rings is 1. The van der Waals surface area contributed by atoms with Crippen LogP contribution in [0.3, 0.4) is 0 Å². The Morgan fingerprint density at radius 1 is 1.11 bits per heavy atom. The number of hydrogen-bond acceptors (Lipinski definition) is 4. The van der Waals surface area contributed by atoms with Crippen molar-refractivity contribution in [3.05, 3.63) is 29.8 Å². The van der Waals surface area contributed by atoms with Gasteiger partial charge in [0.2, 0.25) is 15.9 Å². The van der Waals surface area contributed by atoms with Crippen molar-refractivity contribution in [3.8, 4) is 0 Å². The molecule has 7 heteroatoms. The Morgan fingerprint density at radius 2 is 1.68 bits per heavy atom. The number of rotatable bonds is 8. The quantitative estimate of drug-likeness (QED) is 0.692. The van der Waals surface area contributed by atoms with Gasteiger partial charge in [0.1, 0.15) is 6.04 Å². The third kappa shape index (κ3) is 6.57. The smallest absolute Gasteiger partial charge is 0.241 e. The molecule has 6 nitrogen and oxygen atoms in total. The summed E-state index contributed by atoms with van der Waals surface area (Å²) in [6.07, 6.45) is 2.24. The largest absolute Gasteiger partial charge is 0.352 e. The molecule has 1 amide bonds. The molecular weight excluding hydrogens is 374 g/mol. The normalized spacial score (nSPS) is 17.8. The fraction of sp³-hybridized carbons (Fsp3) is 0.667. The van der Waals surface area contributed by atoms with Crippen LogP contribution in [0.1, 0.15) is 52.5 Å². The summed E-state index contributed by atoms with van der Waals surface area (Å²) in [7, 11) is -3.75. The van der Waals surface area contributed by atoms with Crippen molar-refractivity contribution in [1.82, 2.24) is 14.9 Å². The number of sulfonamides is 1. The molecule has 0 unspecified atom stereocenters. The van der Waals surface area contributed by atoms with Gasteiger partial charge in [0.05, 0.1) is 4.90 Å². The van der Waals surface area contributed by atoms with Gasteiger partial charge in [-0.25, -0.2) is 8.42 Å². The van der Waals surface area contributed by atoms with E-state index in [9.17, 15) is 13.2 Å². The summed E-state index contributed by atoms with van der Waals surface area (Å²) in [5, 5.41) is 3.07. The molecule has 1 aromatic carbocycles. The van der Waals surface area contributed by atoms with Gasteiger partial charge in [-0.15, -0.1) is 0 Å². The standard InChI is InChI=1S/C21H35N3O3S/c1-15(2)14-20(23-28(26,27)19-8-6-17(5)7-9-19)21(25)22-18-10-12-24(13-11-18)16(3)4/h6-9,15-16,18,20,23H,10-14H2,1-5H3,(H,22,25)/t20-/m0/s1. The van der Waals surface area contributed by atoms with Crippen LogP contribution in [0.25, 0.3) is 0 Å². The van der Waals surface area contributed by atoms with Gasteiger partial charge in [-0.3, -0.25) is 4.79 Å². The number of hydrogen-bond donors (Lipinski definition) is 2. The molecule has 2 rings (SSSR count). The van der Waals surface area contributed by atoms with E-state index >= 15 is 0 Å². The first-order valence-corrected chi connectivity index (χ1v) is 11.7. The Kier molecular flexibility index (Phi) is 8.04. The van der Waals surface area contributed by atoms with E-state index in [-0.39, 0.29) is 22.8 Å². The first-order valence-electron chi connectivity index (χ1n) is 10.2. The van der Waals surface area contributed by atoms with Crippen molar-refractivity contribution in [2.24, 2.45) is 5.92 Å². The second kappa shape index (κ2) is 9.85. The van der Waals surface area contributed by atoms with Gasteiger partial charge in [-0.05, 0) is 58.1 Å². The van der Waals surface area contributed by atoms with Gasteiger partial charge in [0, 0.05) is 25.2 Å². The summed E-state index contributed by atoms with van der Waals surface area (Å²) in [4.78, 5) is 15.5. The maximum absolute atomic E-state index is 12.9. The lowest BCUT2D eigenvalue weighted by atomic mass is 10.0. The van der Waals surface area contributed by atoms with Gasteiger partial charge < -0.3 is 10.2 Å². The molecule has 28 heavy (non-hydrogen) atoms. The van der Waals surface area contributed by atoms with Crippen molar-refractivity contribution >= 4 is 15.9 Å². The number of aryl methyl sites for hydroxylation is 1. The lowest BCUT2D eigenvalue weighted by molar-refractivity contribution is -0.124. The van der Waals surface area contributed by atoms with E-state index in [1.165, 1.54) is 0 Å². The van der Waals surface area contributed by atoms with Crippen molar-refractivity contribution in [2.75, 3.05) is 13.1 Å². The van der Waals surface area contributed by atoms with Crippen LogP contribution >= 0.6 is 0 Å². The average Bonchev–Trinajstić information content (AvgIpc) is 2.61. The minimum atomic E-state index is -3.75. The molecule has 158 valence electrons. The minimum Gasteiger partial charge on any atom is -0.352 e. The van der Waals surface area contributed by atoms with Crippen LogP contribution in [0, 0.1) is 12.8 Å². The first kappa shape index (κ1) is 22.8. The van der Waals surface area contributed by atoms with Gasteiger partial charge in [-0.1, -0.05) is 31.5 Å². The summed E-state index contributed by atoms with van der Waals surface area (Å²) in [5.41, 5.74) is 0.989. The van der Waals surface area contributed by atoms with E-state index in [1.54, 1.807) is 24.3 Å². The Bertz CT molecular complexity index is 737. The van der Waals surface area contributed by atoms with Gasteiger partial charge in [-0.2, -0.15) is 4.72 Å². The summed E-state index contributed by atoms with van der Waals surface area (Å²) < 4.78 is 28.1. The topological polar surface area (TPSA) is 78.5 Å². The fourth-order valence-electron chi connectivity index (χ4n) is 3.51. The molecule has 1 fully saturated rings. The molecule has 0 saturated carbocycles. The number of carbonyl (C=O) groups is 1. The van der Waals surface area contributed by atoms with Crippen LogP contribution in [-0.2, 0) is 14.8 Å². The number of benzene rings is 1. The zero-order chi connectivity index (χ0) is 20.9. The molecule has 2 N–H and O–H groups in total. The molecule has 0 aromatic heterocycles. The number of nitrogens with zero attached hydrogens (tertiary/aromatic N) is 1. The van der Waals surface area contributed by atoms with Gasteiger partial charge >= 0.3 is 0 Å². The van der Waals surface area contributed by atoms with Crippen molar-refractivity contribution in [2.45, 2.75) is 76.9 Å². The lowest BCUT2D eigenvalue weighted by Crippen LogP contribution is -2.53. The molecule has 0 aliphatic carbocycles. The Labute approximate surface area is 170 Å². The monoisotopic (exact) mass is 409 g/mol. The number of amides is 1. The fourth-order valence-corrected chi connectivity index (χ4v) is 4.72. The van der Waals surface area contributed by atoms with Crippen molar-refractivity contribution in [3.63, 3.8) is 0 Å². The van der Waals surface area contributed by atoms with E-state index in [2.05, 4.69) is 28.8 Å². The maximum Gasteiger partial charge on any atom is 0.241 e. The molecule has 1 aliphatic heterocycles. The van der Waals surface area contributed by atoms with Gasteiger partial charge in [0.15, 0.2) is 0 Å². The van der Waals surface area contributed by atoms with Crippen molar-refractivity contribution in [1.29, 1.82) is 0 Å². The van der Waals surface area contributed by atoms with Crippen LogP contribution in [0.4, 0.5) is 0 Å². The molecule has 0 bridgehead atoms. The lowest BCUT2D eigenvalue weighted by Gasteiger charge is -2.35. The molecule has 1 heterocycles. The minimum absolute atomic E-state index is 0.0982. The predicted molar refractivity (Wildman–Crippen MR) is 113 cm³/mol. The van der Waals surface area contributed by atoms with Crippen LogP contribution in [0.2, 0.25) is 0 Å². The van der Waals surface area contributed by atoms with E-state index in [4.69, 9.17) is 0 Å². The Hall–Kier alpha value is -1.44. The summed E-state index contributed by atoms with van der Waals surface area (Å²) >= 11 is 0. The Balaban J connectivity index is 2.04. The second-order valence-electron chi connectivity index (χ2n) is 8.53. The summed E-state index contributed by atoms with van der Waals surface area (Å²) in [5.74, 6) is -0.0355.